The van der Waals surface area contributed by atoms with Crippen LogP contribution in [0, 0.1) is 12.3 Å². The third-order valence-electron chi connectivity index (χ3n) is 7.94. The molecule has 0 fully saturated rings. The van der Waals surface area contributed by atoms with Gasteiger partial charge >= 0.3 is 5.76 Å². The molecule has 4 aromatic rings. The zero-order valence-corrected chi connectivity index (χ0v) is 28.8. The van der Waals surface area contributed by atoms with Crippen LogP contribution in [0.4, 0.5) is 0 Å². The van der Waals surface area contributed by atoms with Crippen LogP contribution in [0.1, 0.15) is 90.4 Å². The fourth-order valence-electron chi connectivity index (χ4n) is 6.09. The lowest BCUT2D eigenvalue weighted by molar-refractivity contribution is 0.173. The van der Waals surface area contributed by atoms with E-state index in [1.54, 1.807) is 0 Å². The molecule has 9 heteroatoms. The summed E-state index contributed by atoms with van der Waals surface area (Å²) in [5, 5.41) is 8.76. The number of aromatic nitrogens is 5. The van der Waals surface area contributed by atoms with Crippen LogP contribution in [-0.4, -0.2) is 57.0 Å². The van der Waals surface area contributed by atoms with E-state index in [0.29, 0.717) is 12.4 Å². The molecule has 0 bridgehead atoms. The van der Waals surface area contributed by atoms with Gasteiger partial charge in [-0.1, -0.05) is 108 Å². The molecule has 5 rings (SSSR count). The van der Waals surface area contributed by atoms with Gasteiger partial charge in [0, 0.05) is 29.1 Å². The molecule has 2 unspecified atom stereocenters. The molecule has 45 heavy (non-hydrogen) atoms. The minimum atomic E-state index is -0.566. The highest BCUT2D eigenvalue weighted by molar-refractivity contribution is 5.80. The number of aromatic amines is 1. The summed E-state index contributed by atoms with van der Waals surface area (Å²) in [6.07, 6.45) is 4.99. The Morgan fingerprint density at radius 2 is 1.71 bits per heavy atom. The minimum Gasteiger partial charge on any atom is -0.330 e. The summed E-state index contributed by atoms with van der Waals surface area (Å²) in [6, 6.07) is 16.5. The van der Waals surface area contributed by atoms with Crippen LogP contribution in [0.15, 0.2) is 63.4 Å². The third-order valence-corrected chi connectivity index (χ3v) is 7.94. The number of nitrogens with one attached hydrogen (secondary N) is 1. The van der Waals surface area contributed by atoms with E-state index in [0.717, 1.165) is 60.6 Å². The molecule has 9 nitrogen and oxygen atoms in total. The predicted octanol–water partition coefficient (Wildman–Crippen LogP) is 7.31. The molecule has 2 atom stereocenters. The van der Waals surface area contributed by atoms with Gasteiger partial charge in [-0.25, -0.2) is 14.5 Å². The van der Waals surface area contributed by atoms with Crippen molar-refractivity contribution in [3.63, 3.8) is 0 Å². The topological polar surface area (TPSA) is 119 Å². The molecular weight excluding hydrogens is 562 g/mol. The largest absolute Gasteiger partial charge is 0.439 e. The normalized spacial score (nSPS) is 15.5. The van der Waals surface area contributed by atoms with Crippen LogP contribution in [0.2, 0.25) is 0 Å². The van der Waals surface area contributed by atoms with E-state index in [1.807, 2.05) is 45.0 Å². The second-order valence-corrected chi connectivity index (χ2v) is 12.2. The zero-order valence-electron chi connectivity index (χ0n) is 28.8. The average Bonchev–Trinajstić information content (AvgIpc) is 3.64. The number of allylic oxidation sites excluding steroid dienone is 2. The van der Waals surface area contributed by atoms with Gasteiger partial charge in [0.05, 0.1) is 0 Å². The molecule has 1 aliphatic rings. The van der Waals surface area contributed by atoms with E-state index in [1.165, 1.54) is 23.3 Å². The van der Waals surface area contributed by atoms with Crippen molar-refractivity contribution in [1.29, 1.82) is 0 Å². The average molecular weight is 616 g/mol. The van der Waals surface area contributed by atoms with Crippen molar-refractivity contribution in [2.45, 2.75) is 86.5 Å². The van der Waals surface area contributed by atoms with Gasteiger partial charge in [-0.3, -0.25) is 9.51 Å². The molecule has 3 heterocycles. The number of benzene rings is 2. The van der Waals surface area contributed by atoms with Crippen LogP contribution in [0.5, 0.6) is 0 Å². The van der Waals surface area contributed by atoms with Gasteiger partial charge in [-0.2, -0.15) is 5.10 Å². The molecule has 244 valence electrons. The van der Waals surface area contributed by atoms with E-state index in [4.69, 9.17) is 20.3 Å². The van der Waals surface area contributed by atoms with E-state index in [2.05, 4.69) is 85.8 Å². The Morgan fingerprint density at radius 1 is 1.07 bits per heavy atom. The highest BCUT2D eigenvalue weighted by Crippen LogP contribution is 2.45. The molecule has 0 saturated carbocycles. The third kappa shape index (κ3) is 8.47. The summed E-state index contributed by atoms with van der Waals surface area (Å²) in [4.78, 5) is 21.3. The van der Waals surface area contributed by atoms with E-state index < -0.39 is 5.76 Å². The Kier molecular flexibility index (Phi) is 13.1. The summed E-state index contributed by atoms with van der Waals surface area (Å²) >= 11 is 0. The number of H-pyrrole nitrogens is 1. The van der Waals surface area contributed by atoms with Crippen molar-refractivity contribution in [2.75, 3.05) is 27.2 Å². The van der Waals surface area contributed by atoms with Gasteiger partial charge in [0.1, 0.15) is 11.6 Å². The van der Waals surface area contributed by atoms with Crippen molar-refractivity contribution >= 4 is 5.70 Å². The van der Waals surface area contributed by atoms with Crippen molar-refractivity contribution in [1.82, 2.24) is 29.8 Å². The SMILES string of the molecule is CC.CCC.CCCC1=C(Cc2ccc(-c3ccccc3-c3noc(=O)[nH]3)cc2)CC(C(C)(CN)CN(C)C)c2nc(C)nn21. The quantitative estimate of drug-likeness (QED) is 0.192. The Morgan fingerprint density at radius 3 is 2.27 bits per heavy atom. The molecule has 0 saturated heterocycles. The summed E-state index contributed by atoms with van der Waals surface area (Å²) < 4.78 is 6.86. The highest BCUT2D eigenvalue weighted by atomic mass is 16.5. The number of hydrogen-bond acceptors (Lipinski definition) is 7. The van der Waals surface area contributed by atoms with Crippen LogP contribution >= 0.6 is 0 Å². The molecular formula is C36H53N7O2. The number of nitrogens with two attached hydrogens (primary N) is 1. The van der Waals surface area contributed by atoms with Crippen molar-refractivity contribution in [3.8, 4) is 22.5 Å². The summed E-state index contributed by atoms with van der Waals surface area (Å²) in [5.74, 6) is 1.87. The second-order valence-electron chi connectivity index (χ2n) is 12.2. The monoisotopic (exact) mass is 615 g/mol. The van der Waals surface area contributed by atoms with E-state index in [-0.39, 0.29) is 11.3 Å². The van der Waals surface area contributed by atoms with Gasteiger partial charge in [0.15, 0.2) is 5.82 Å². The molecule has 0 aliphatic carbocycles. The molecule has 1 aliphatic heterocycles. The van der Waals surface area contributed by atoms with E-state index >= 15 is 0 Å². The number of aryl methyl sites for hydroxylation is 1. The fourth-order valence-corrected chi connectivity index (χ4v) is 6.09. The lowest BCUT2D eigenvalue weighted by atomic mass is 9.71. The van der Waals surface area contributed by atoms with Crippen LogP contribution < -0.4 is 11.5 Å². The highest BCUT2D eigenvalue weighted by Gasteiger charge is 2.41. The Bertz CT molecular complexity index is 1580. The summed E-state index contributed by atoms with van der Waals surface area (Å²) in [7, 11) is 4.21. The lowest BCUT2D eigenvalue weighted by Gasteiger charge is -2.41. The van der Waals surface area contributed by atoms with Crippen molar-refractivity contribution in [2.24, 2.45) is 11.1 Å². The van der Waals surface area contributed by atoms with Gasteiger partial charge in [-0.05, 0) is 69.1 Å². The summed E-state index contributed by atoms with van der Waals surface area (Å²) in [6.45, 7) is 16.2. The van der Waals surface area contributed by atoms with Gasteiger partial charge in [-0.15, -0.1) is 0 Å². The van der Waals surface area contributed by atoms with Crippen molar-refractivity contribution in [3.05, 3.63) is 81.9 Å². The molecule has 0 spiro atoms. The first-order valence-corrected chi connectivity index (χ1v) is 16.4. The van der Waals surface area contributed by atoms with E-state index in [9.17, 15) is 4.79 Å². The fraction of sp³-hybridized carbons (Fsp3) is 0.500. The van der Waals surface area contributed by atoms with Crippen LogP contribution in [0.3, 0.4) is 0 Å². The maximum absolute atomic E-state index is 11.5. The first-order valence-electron chi connectivity index (χ1n) is 16.4. The number of hydrogen-bond donors (Lipinski definition) is 2. The maximum Gasteiger partial charge on any atom is 0.439 e. The summed E-state index contributed by atoms with van der Waals surface area (Å²) in [5.41, 5.74) is 13.0. The standard InChI is InChI=1S/C31H39N7O2.C3H8.C2H6/c1-6-9-27-23(17-26(29-33-20(2)35-38(27)29)31(3,18-32)19-37(4)5)16-21-12-14-22(15-13-21)24-10-7-8-11-25(24)28-34-30(39)40-36-28;1-3-2;1-2/h7-8,10-15,26H,6,9,16-19,32H2,1-5H3,(H,34,36,39);3H2,1-2H3;1-2H3. The predicted molar refractivity (Wildman–Crippen MR) is 185 cm³/mol. The van der Waals surface area contributed by atoms with Crippen molar-refractivity contribution < 1.29 is 4.52 Å². The van der Waals surface area contributed by atoms with Crippen LogP contribution in [-0.2, 0) is 6.42 Å². The lowest BCUT2D eigenvalue weighted by Crippen LogP contribution is -2.44. The zero-order chi connectivity index (χ0) is 33.1. The molecule has 2 aromatic carbocycles. The number of fused-ring (bicyclic) bond motifs is 1. The first kappa shape index (κ1) is 35.7. The molecule has 3 N–H and O–H groups in total. The molecule has 0 radical (unpaired) electrons. The number of nitrogens with zero attached hydrogens (tertiary/aromatic N) is 5. The van der Waals surface area contributed by atoms with Crippen LogP contribution in [0.25, 0.3) is 28.2 Å². The van der Waals surface area contributed by atoms with Gasteiger partial charge < -0.3 is 10.6 Å². The Labute approximate surface area is 268 Å². The second kappa shape index (κ2) is 16.5. The first-order chi connectivity index (χ1) is 21.6. The molecule has 0 amide bonds. The minimum absolute atomic E-state index is 0.140. The number of rotatable bonds is 10. The van der Waals surface area contributed by atoms with Gasteiger partial charge in [0.2, 0.25) is 0 Å². The van der Waals surface area contributed by atoms with Gasteiger partial charge in [0.25, 0.3) is 0 Å². The maximum atomic E-state index is 11.5. The molecule has 2 aromatic heterocycles. The smallest absolute Gasteiger partial charge is 0.330 e. The Balaban J connectivity index is 0.00000104. The Hall–Kier alpha value is -3.82.